The number of carboxylic acid groups (broad SMARTS) is 1. The van der Waals surface area contributed by atoms with Gasteiger partial charge in [0, 0.05) is 23.7 Å². The lowest BCUT2D eigenvalue weighted by Crippen LogP contribution is -2.09. The van der Waals surface area contributed by atoms with Crippen LogP contribution in [0.1, 0.15) is 28.0 Å². The van der Waals surface area contributed by atoms with Crippen molar-refractivity contribution < 1.29 is 9.90 Å². The maximum atomic E-state index is 11.9. The molecule has 2 aromatic carbocycles. The number of nitrogens with zero attached hydrogens (tertiary/aromatic N) is 2. The van der Waals surface area contributed by atoms with E-state index >= 15 is 0 Å². The molecule has 0 bridgehead atoms. The maximum absolute atomic E-state index is 11.9. The molecule has 2 heterocycles. The van der Waals surface area contributed by atoms with Crippen molar-refractivity contribution in [2.75, 3.05) is 0 Å². The Kier molecular flexibility index (Phi) is 4.94. The van der Waals surface area contributed by atoms with E-state index in [0.29, 0.717) is 12.2 Å². The lowest BCUT2D eigenvalue weighted by Gasteiger charge is -2.09. The Labute approximate surface area is 164 Å². The molecule has 0 spiro atoms. The number of carbonyl (C=O) groups is 1. The molecule has 0 saturated carbocycles. The third-order valence-electron chi connectivity index (χ3n) is 5.03. The van der Waals surface area contributed by atoms with E-state index in [1.54, 1.807) is 12.3 Å². The summed E-state index contributed by atoms with van der Waals surface area (Å²) in [6, 6.07) is 22.1. The van der Waals surface area contributed by atoms with Gasteiger partial charge in [-0.05, 0) is 43.5 Å². The van der Waals surface area contributed by atoms with Crippen LogP contribution in [-0.4, -0.2) is 20.6 Å². The summed E-state index contributed by atoms with van der Waals surface area (Å²) in [4.78, 5) is 16.4. The van der Waals surface area contributed by atoms with E-state index in [2.05, 4.69) is 23.2 Å². The molecule has 4 nitrogen and oxygen atoms in total. The average molecular weight is 370 g/mol. The number of pyridine rings is 1. The number of aromatic nitrogens is 2. The van der Waals surface area contributed by atoms with Crippen LogP contribution in [0.3, 0.4) is 0 Å². The Morgan fingerprint density at radius 3 is 2.61 bits per heavy atom. The first kappa shape index (κ1) is 18.0. The highest BCUT2D eigenvalue weighted by atomic mass is 16.4. The van der Waals surface area contributed by atoms with Crippen molar-refractivity contribution >= 4 is 16.9 Å². The van der Waals surface area contributed by atoms with Crippen LogP contribution in [-0.2, 0) is 13.0 Å². The molecule has 0 aliphatic carbocycles. The van der Waals surface area contributed by atoms with Gasteiger partial charge in [-0.1, -0.05) is 54.1 Å². The van der Waals surface area contributed by atoms with Gasteiger partial charge >= 0.3 is 5.97 Å². The van der Waals surface area contributed by atoms with Crippen LogP contribution in [0.15, 0.2) is 72.9 Å². The van der Waals surface area contributed by atoms with E-state index in [1.807, 2.05) is 54.0 Å². The van der Waals surface area contributed by atoms with E-state index in [4.69, 9.17) is 0 Å². The van der Waals surface area contributed by atoms with Gasteiger partial charge in [0.2, 0.25) is 0 Å². The molecule has 0 aliphatic heterocycles. The summed E-state index contributed by atoms with van der Waals surface area (Å²) in [5.74, 6) is -0.911. The predicted molar refractivity (Wildman–Crippen MR) is 112 cm³/mol. The molecule has 0 saturated heterocycles. The van der Waals surface area contributed by atoms with Gasteiger partial charge in [-0.25, -0.2) is 4.79 Å². The minimum atomic E-state index is -0.911. The molecule has 4 heteroatoms. The van der Waals surface area contributed by atoms with Crippen molar-refractivity contribution in [2.24, 2.45) is 0 Å². The molecule has 4 aromatic rings. The summed E-state index contributed by atoms with van der Waals surface area (Å²) >= 11 is 0. The fourth-order valence-electron chi connectivity index (χ4n) is 3.71. The van der Waals surface area contributed by atoms with Gasteiger partial charge in [0.05, 0.1) is 11.2 Å². The summed E-state index contributed by atoms with van der Waals surface area (Å²) in [5, 5.41) is 10.6. The molecule has 0 fully saturated rings. The Morgan fingerprint density at radius 1 is 1.04 bits per heavy atom. The number of benzene rings is 2. The Hall–Kier alpha value is -3.40. The van der Waals surface area contributed by atoms with E-state index in [0.717, 1.165) is 40.6 Å². The van der Waals surface area contributed by atoms with Crippen LogP contribution in [0.5, 0.6) is 0 Å². The van der Waals surface area contributed by atoms with Crippen LogP contribution in [0.25, 0.3) is 22.2 Å². The second-order valence-electron chi connectivity index (χ2n) is 7.04. The van der Waals surface area contributed by atoms with Crippen molar-refractivity contribution in [2.45, 2.75) is 26.3 Å². The smallest absolute Gasteiger partial charge is 0.352 e. The number of hydrogen-bond acceptors (Lipinski definition) is 2. The Balaban J connectivity index is 1.72. The van der Waals surface area contributed by atoms with Crippen LogP contribution in [0.4, 0.5) is 0 Å². The SMILES string of the molecule is Cc1cccc(-c2nccc3c2cc(C(=O)O)n3CCCc2ccccc2)c1. The number of fused-ring (bicyclic) bond motifs is 1. The zero-order chi connectivity index (χ0) is 19.5. The summed E-state index contributed by atoms with van der Waals surface area (Å²) in [7, 11) is 0. The fraction of sp³-hybridized carbons (Fsp3) is 0.167. The molecule has 1 N–H and O–H groups in total. The summed E-state index contributed by atoms with van der Waals surface area (Å²) in [6.45, 7) is 2.69. The van der Waals surface area contributed by atoms with Crippen LogP contribution in [0.2, 0.25) is 0 Å². The van der Waals surface area contributed by atoms with Crippen molar-refractivity contribution in [3.05, 3.63) is 89.7 Å². The average Bonchev–Trinajstić information content (AvgIpc) is 3.08. The second-order valence-corrected chi connectivity index (χ2v) is 7.04. The fourth-order valence-corrected chi connectivity index (χ4v) is 3.71. The van der Waals surface area contributed by atoms with Crippen molar-refractivity contribution in [1.82, 2.24) is 9.55 Å². The van der Waals surface area contributed by atoms with Gasteiger partial charge < -0.3 is 9.67 Å². The predicted octanol–water partition coefficient (Wildman–Crippen LogP) is 5.34. The van der Waals surface area contributed by atoms with Gasteiger partial charge in [-0.15, -0.1) is 0 Å². The van der Waals surface area contributed by atoms with Crippen molar-refractivity contribution in [3.63, 3.8) is 0 Å². The first-order valence-electron chi connectivity index (χ1n) is 9.46. The van der Waals surface area contributed by atoms with Gasteiger partial charge in [0.15, 0.2) is 0 Å². The molecule has 140 valence electrons. The summed E-state index contributed by atoms with van der Waals surface area (Å²) in [5.41, 5.74) is 5.46. The minimum absolute atomic E-state index is 0.310. The first-order valence-corrected chi connectivity index (χ1v) is 9.46. The monoisotopic (exact) mass is 370 g/mol. The van der Waals surface area contributed by atoms with Crippen molar-refractivity contribution in [1.29, 1.82) is 0 Å². The molecule has 28 heavy (non-hydrogen) atoms. The minimum Gasteiger partial charge on any atom is -0.477 e. The molecule has 0 aliphatic rings. The van der Waals surface area contributed by atoms with E-state index in [-0.39, 0.29) is 0 Å². The number of aromatic carboxylic acids is 1. The topological polar surface area (TPSA) is 55.1 Å². The molecule has 4 rings (SSSR count). The highest BCUT2D eigenvalue weighted by molar-refractivity contribution is 6.00. The molecule has 0 atom stereocenters. The third-order valence-corrected chi connectivity index (χ3v) is 5.03. The van der Waals surface area contributed by atoms with Gasteiger partial charge in [0.1, 0.15) is 5.69 Å². The quantitative estimate of drug-likeness (QED) is 0.498. The summed E-state index contributed by atoms with van der Waals surface area (Å²) in [6.07, 6.45) is 3.55. The van der Waals surface area contributed by atoms with Crippen LogP contribution in [0, 0.1) is 6.92 Å². The van der Waals surface area contributed by atoms with Gasteiger partial charge in [-0.2, -0.15) is 0 Å². The molecule has 2 aromatic heterocycles. The molecule has 0 radical (unpaired) electrons. The van der Waals surface area contributed by atoms with Crippen LogP contribution >= 0.6 is 0 Å². The second kappa shape index (κ2) is 7.69. The summed E-state index contributed by atoms with van der Waals surface area (Å²) < 4.78 is 1.90. The van der Waals surface area contributed by atoms with Crippen molar-refractivity contribution in [3.8, 4) is 11.3 Å². The maximum Gasteiger partial charge on any atom is 0.352 e. The van der Waals surface area contributed by atoms with Gasteiger partial charge in [0.25, 0.3) is 0 Å². The molecule has 0 unspecified atom stereocenters. The Morgan fingerprint density at radius 2 is 1.86 bits per heavy atom. The lowest BCUT2D eigenvalue weighted by molar-refractivity contribution is 0.0685. The highest BCUT2D eigenvalue weighted by Gasteiger charge is 2.17. The molecular formula is C24H22N2O2. The highest BCUT2D eigenvalue weighted by Crippen LogP contribution is 2.30. The largest absolute Gasteiger partial charge is 0.477 e. The molecular weight excluding hydrogens is 348 g/mol. The Bertz CT molecular complexity index is 1130. The van der Waals surface area contributed by atoms with E-state index in [1.165, 1.54) is 5.56 Å². The lowest BCUT2D eigenvalue weighted by atomic mass is 10.1. The van der Waals surface area contributed by atoms with Crippen LogP contribution < -0.4 is 0 Å². The third kappa shape index (κ3) is 3.54. The standard InChI is InChI=1S/C24H22N2O2/c1-17-7-5-11-19(15-17)23-20-16-22(24(27)28)26(21(20)12-13-25-23)14-6-10-18-8-3-2-4-9-18/h2-5,7-9,11-13,15-16H,6,10,14H2,1H3,(H,27,28). The number of carboxylic acids is 1. The zero-order valence-electron chi connectivity index (χ0n) is 15.8. The number of aryl methyl sites for hydroxylation is 3. The molecule has 0 amide bonds. The van der Waals surface area contributed by atoms with Gasteiger partial charge in [-0.3, -0.25) is 4.98 Å². The zero-order valence-corrected chi connectivity index (χ0v) is 15.8. The number of hydrogen-bond donors (Lipinski definition) is 1. The normalized spacial score (nSPS) is 11.0. The number of rotatable bonds is 6. The van der Waals surface area contributed by atoms with E-state index < -0.39 is 5.97 Å². The van der Waals surface area contributed by atoms with E-state index in [9.17, 15) is 9.90 Å². The first-order chi connectivity index (χ1) is 13.6.